The standard InChI is InChI=1S/C22H37N5O/c1-5-13-27-14-11-20(12-15-27)26-22(23-4)24-16-18-7-9-19(10-8-18)21(28)25-17(3)6-2/h7-10,17,20H,5-6,11-16H2,1-4H3,(H,25,28)(H2,23,24,26). The number of likely N-dealkylation sites (tertiary alicyclic amines) is 1. The molecule has 156 valence electrons. The van der Waals surface area contributed by atoms with E-state index in [9.17, 15) is 4.79 Å². The molecule has 6 nitrogen and oxygen atoms in total. The summed E-state index contributed by atoms with van der Waals surface area (Å²) < 4.78 is 0. The van der Waals surface area contributed by atoms with Crippen LogP contribution in [0.3, 0.4) is 0 Å². The number of carbonyl (C=O) groups is 1. The van der Waals surface area contributed by atoms with Gasteiger partial charge in [0, 0.05) is 44.3 Å². The van der Waals surface area contributed by atoms with E-state index in [0.717, 1.165) is 43.9 Å². The van der Waals surface area contributed by atoms with Crippen LogP contribution in [0.5, 0.6) is 0 Å². The van der Waals surface area contributed by atoms with E-state index in [2.05, 4.69) is 39.7 Å². The highest BCUT2D eigenvalue weighted by Gasteiger charge is 2.19. The third-order valence-electron chi connectivity index (χ3n) is 5.36. The Morgan fingerprint density at radius 2 is 1.89 bits per heavy atom. The van der Waals surface area contributed by atoms with Crippen LogP contribution in [0.25, 0.3) is 0 Å². The topological polar surface area (TPSA) is 68.8 Å². The van der Waals surface area contributed by atoms with Crippen LogP contribution in [0.15, 0.2) is 29.3 Å². The van der Waals surface area contributed by atoms with Gasteiger partial charge in [0.05, 0.1) is 0 Å². The first-order chi connectivity index (χ1) is 13.5. The molecular formula is C22H37N5O. The molecule has 6 heteroatoms. The van der Waals surface area contributed by atoms with Gasteiger partial charge in [-0.15, -0.1) is 0 Å². The second-order valence-corrected chi connectivity index (χ2v) is 7.67. The van der Waals surface area contributed by atoms with Crippen molar-refractivity contribution in [2.24, 2.45) is 4.99 Å². The minimum atomic E-state index is -0.0132. The first kappa shape index (κ1) is 22.2. The number of carbonyl (C=O) groups excluding carboxylic acids is 1. The van der Waals surface area contributed by atoms with Crippen molar-refractivity contribution in [2.75, 3.05) is 26.7 Å². The molecule has 1 fully saturated rings. The molecule has 0 bridgehead atoms. The Balaban J connectivity index is 1.78. The summed E-state index contributed by atoms with van der Waals surface area (Å²) in [5, 5.41) is 9.92. The number of aliphatic imine (C=N–C) groups is 1. The molecule has 28 heavy (non-hydrogen) atoms. The van der Waals surface area contributed by atoms with Crippen LogP contribution in [0.1, 0.15) is 62.4 Å². The number of nitrogens with one attached hydrogen (secondary N) is 3. The molecule has 0 aliphatic carbocycles. The van der Waals surface area contributed by atoms with E-state index < -0.39 is 0 Å². The fourth-order valence-electron chi connectivity index (χ4n) is 3.37. The van der Waals surface area contributed by atoms with Crippen molar-refractivity contribution in [2.45, 2.75) is 65.1 Å². The van der Waals surface area contributed by atoms with Crippen molar-refractivity contribution in [3.05, 3.63) is 35.4 Å². The minimum Gasteiger partial charge on any atom is -0.354 e. The lowest BCUT2D eigenvalue weighted by atomic mass is 10.1. The van der Waals surface area contributed by atoms with Gasteiger partial charge in [0.25, 0.3) is 5.91 Å². The number of hydrogen-bond acceptors (Lipinski definition) is 3. The summed E-state index contributed by atoms with van der Waals surface area (Å²) >= 11 is 0. The van der Waals surface area contributed by atoms with Gasteiger partial charge in [-0.25, -0.2) is 0 Å². The molecular weight excluding hydrogens is 350 g/mol. The van der Waals surface area contributed by atoms with Gasteiger partial charge in [-0.3, -0.25) is 9.79 Å². The number of nitrogens with zero attached hydrogens (tertiary/aromatic N) is 2. The van der Waals surface area contributed by atoms with Gasteiger partial charge in [0.1, 0.15) is 0 Å². The third kappa shape index (κ3) is 7.15. The highest BCUT2D eigenvalue weighted by Crippen LogP contribution is 2.10. The predicted octanol–water partition coefficient (Wildman–Crippen LogP) is 2.75. The quantitative estimate of drug-likeness (QED) is 0.474. The zero-order valence-corrected chi connectivity index (χ0v) is 17.9. The largest absolute Gasteiger partial charge is 0.354 e. The first-order valence-corrected chi connectivity index (χ1v) is 10.6. The van der Waals surface area contributed by atoms with E-state index in [4.69, 9.17) is 0 Å². The van der Waals surface area contributed by atoms with E-state index in [1.807, 2.05) is 38.2 Å². The molecule has 1 aromatic rings. The third-order valence-corrected chi connectivity index (χ3v) is 5.36. The van der Waals surface area contributed by atoms with Gasteiger partial charge in [0.2, 0.25) is 0 Å². The minimum absolute atomic E-state index is 0.0132. The second kappa shape index (κ2) is 11.7. The van der Waals surface area contributed by atoms with E-state index >= 15 is 0 Å². The van der Waals surface area contributed by atoms with Crippen LogP contribution in [0.4, 0.5) is 0 Å². The molecule has 1 amide bonds. The molecule has 0 radical (unpaired) electrons. The fourth-order valence-corrected chi connectivity index (χ4v) is 3.37. The van der Waals surface area contributed by atoms with Crippen molar-refractivity contribution in [1.29, 1.82) is 0 Å². The van der Waals surface area contributed by atoms with E-state index in [1.165, 1.54) is 13.0 Å². The van der Waals surface area contributed by atoms with Crippen LogP contribution < -0.4 is 16.0 Å². The lowest BCUT2D eigenvalue weighted by Crippen LogP contribution is -2.48. The molecule has 1 atom stereocenters. The van der Waals surface area contributed by atoms with Gasteiger partial charge in [-0.1, -0.05) is 26.0 Å². The maximum Gasteiger partial charge on any atom is 0.251 e. The maximum atomic E-state index is 12.2. The Kier molecular flexibility index (Phi) is 9.28. The van der Waals surface area contributed by atoms with Crippen LogP contribution in [-0.4, -0.2) is 55.5 Å². The summed E-state index contributed by atoms with van der Waals surface area (Å²) in [6, 6.07) is 8.43. The number of guanidine groups is 1. The zero-order valence-electron chi connectivity index (χ0n) is 17.9. The number of hydrogen-bond donors (Lipinski definition) is 3. The van der Waals surface area contributed by atoms with Crippen molar-refractivity contribution in [1.82, 2.24) is 20.9 Å². The van der Waals surface area contributed by atoms with Crippen molar-refractivity contribution >= 4 is 11.9 Å². The summed E-state index contributed by atoms with van der Waals surface area (Å²) in [4.78, 5) is 19.1. The van der Waals surface area contributed by atoms with E-state index in [-0.39, 0.29) is 11.9 Å². The summed E-state index contributed by atoms with van der Waals surface area (Å²) in [7, 11) is 1.81. The number of piperidine rings is 1. The Bertz CT molecular complexity index is 620. The Labute approximate surface area is 170 Å². The lowest BCUT2D eigenvalue weighted by Gasteiger charge is -2.32. The van der Waals surface area contributed by atoms with Gasteiger partial charge in [0.15, 0.2) is 5.96 Å². The number of benzene rings is 1. The highest BCUT2D eigenvalue weighted by molar-refractivity contribution is 5.94. The smallest absolute Gasteiger partial charge is 0.251 e. The zero-order chi connectivity index (χ0) is 20.4. The Hall–Kier alpha value is -2.08. The van der Waals surface area contributed by atoms with Gasteiger partial charge in [-0.2, -0.15) is 0 Å². The summed E-state index contributed by atoms with van der Waals surface area (Å²) in [5.74, 6) is 0.827. The van der Waals surface area contributed by atoms with E-state index in [0.29, 0.717) is 18.2 Å². The fraction of sp³-hybridized carbons (Fsp3) is 0.636. The van der Waals surface area contributed by atoms with Crippen molar-refractivity contribution in [3.8, 4) is 0 Å². The maximum absolute atomic E-state index is 12.2. The molecule has 1 aliphatic rings. The average molecular weight is 388 g/mol. The predicted molar refractivity (Wildman–Crippen MR) is 117 cm³/mol. The van der Waals surface area contributed by atoms with E-state index in [1.54, 1.807) is 0 Å². The Morgan fingerprint density at radius 1 is 1.21 bits per heavy atom. The monoisotopic (exact) mass is 387 g/mol. The van der Waals surface area contributed by atoms with Crippen LogP contribution >= 0.6 is 0 Å². The first-order valence-electron chi connectivity index (χ1n) is 10.6. The Morgan fingerprint density at radius 3 is 2.46 bits per heavy atom. The molecule has 0 saturated carbocycles. The van der Waals surface area contributed by atoms with Gasteiger partial charge < -0.3 is 20.9 Å². The second-order valence-electron chi connectivity index (χ2n) is 7.67. The van der Waals surface area contributed by atoms with Crippen LogP contribution in [-0.2, 0) is 6.54 Å². The lowest BCUT2D eigenvalue weighted by molar-refractivity contribution is 0.0939. The molecule has 3 N–H and O–H groups in total. The van der Waals surface area contributed by atoms with Crippen molar-refractivity contribution < 1.29 is 4.79 Å². The molecule has 0 aromatic heterocycles. The molecule has 1 aliphatic heterocycles. The molecule has 1 heterocycles. The number of rotatable bonds is 8. The number of amides is 1. The molecule has 0 spiro atoms. The molecule has 2 rings (SSSR count). The van der Waals surface area contributed by atoms with Crippen LogP contribution in [0.2, 0.25) is 0 Å². The van der Waals surface area contributed by atoms with Crippen LogP contribution in [0, 0.1) is 0 Å². The molecule has 1 aromatic carbocycles. The molecule has 1 saturated heterocycles. The van der Waals surface area contributed by atoms with Gasteiger partial charge in [-0.05, 0) is 56.8 Å². The SMILES string of the molecule is CCCN1CCC(NC(=NC)NCc2ccc(C(=O)NC(C)CC)cc2)CC1. The highest BCUT2D eigenvalue weighted by atomic mass is 16.1. The van der Waals surface area contributed by atoms with Gasteiger partial charge >= 0.3 is 0 Å². The molecule has 1 unspecified atom stereocenters. The average Bonchev–Trinajstić information content (AvgIpc) is 2.72. The summed E-state index contributed by atoms with van der Waals surface area (Å²) in [5.41, 5.74) is 1.83. The summed E-state index contributed by atoms with van der Waals surface area (Å²) in [6.07, 6.45) is 4.46. The summed E-state index contributed by atoms with van der Waals surface area (Å²) in [6.45, 7) is 10.5. The normalized spacial score (nSPS) is 17.2. The van der Waals surface area contributed by atoms with Crippen molar-refractivity contribution in [3.63, 3.8) is 0 Å².